The SMILES string of the molecule is CCC(C)(C)C1CCC(NC(=O)c2ccc(Br)nc2)CC1. The van der Waals surface area contributed by atoms with Crippen LogP contribution in [0.1, 0.15) is 63.2 Å². The predicted octanol–water partition coefficient (Wildman–Crippen LogP) is 4.57. The third-order valence-corrected chi connectivity index (χ3v) is 5.54. The number of hydrogen-bond acceptors (Lipinski definition) is 2. The van der Waals surface area contributed by atoms with E-state index in [9.17, 15) is 4.79 Å². The molecule has 0 aliphatic heterocycles. The van der Waals surface area contributed by atoms with Crippen molar-refractivity contribution in [2.75, 3.05) is 0 Å². The zero-order valence-electron chi connectivity index (χ0n) is 13.2. The largest absolute Gasteiger partial charge is 0.349 e. The number of halogens is 1. The summed E-state index contributed by atoms with van der Waals surface area (Å²) < 4.78 is 0.751. The molecule has 0 radical (unpaired) electrons. The van der Waals surface area contributed by atoms with Gasteiger partial charge >= 0.3 is 0 Å². The van der Waals surface area contributed by atoms with Gasteiger partial charge in [0, 0.05) is 12.2 Å². The van der Waals surface area contributed by atoms with E-state index in [1.807, 2.05) is 0 Å². The highest BCUT2D eigenvalue weighted by Gasteiger charge is 2.32. The van der Waals surface area contributed by atoms with Crippen molar-refractivity contribution in [3.05, 3.63) is 28.5 Å². The van der Waals surface area contributed by atoms with Gasteiger partial charge in [0.15, 0.2) is 0 Å². The highest BCUT2D eigenvalue weighted by Crippen LogP contribution is 2.40. The molecule has 0 bridgehead atoms. The monoisotopic (exact) mass is 352 g/mol. The van der Waals surface area contributed by atoms with Crippen LogP contribution < -0.4 is 5.32 Å². The van der Waals surface area contributed by atoms with E-state index in [0.29, 0.717) is 17.0 Å². The fraction of sp³-hybridized carbons (Fsp3) is 0.647. The Morgan fingerprint density at radius 1 is 1.33 bits per heavy atom. The van der Waals surface area contributed by atoms with Crippen LogP contribution in [-0.4, -0.2) is 16.9 Å². The molecule has 1 N–H and O–H groups in total. The minimum Gasteiger partial charge on any atom is -0.349 e. The number of carbonyl (C=O) groups excluding carboxylic acids is 1. The number of carbonyl (C=O) groups is 1. The summed E-state index contributed by atoms with van der Waals surface area (Å²) >= 11 is 3.28. The molecule has 0 saturated heterocycles. The lowest BCUT2D eigenvalue weighted by atomic mass is 9.69. The molecule has 1 aromatic rings. The van der Waals surface area contributed by atoms with Crippen LogP contribution in [0.2, 0.25) is 0 Å². The first-order valence-electron chi connectivity index (χ1n) is 7.85. The lowest BCUT2D eigenvalue weighted by Crippen LogP contribution is -2.39. The molecular weight excluding hydrogens is 328 g/mol. The van der Waals surface area contributed by atoms with E-state index < -0.39 is 0 Å². The Kier molecular flexibility index (Phi) is 5.42. The number of nitrogens with zero attached hydrogens (tertiary/aromatic N) is 1. The molecule has 0 aromatic carbocycles. The summed E-state index contributed by atoms with van der Waals surface area (Å²) in [4.78, 5) is 16.3. The van der Waals surface area contributed by atoms with Crippen molar-refractivity contribution in [3.63, 3.8) is 0 Å². The first-order chi connectivity index (χ1) is 9.92. The molecule has 1 aliphatic carbocycles. The van der Waals surface area contributed by atoms with Crippen LogP contribution in [0, 0.1) is 11.3 Å². The zero-order valence-corrected chi connectivity index (χ0v) is 14.7. The molecule has 1 fully saturated rings. The maximum Gasteiger partial charge on any atom is 0.253 e. The second-order valence-electron chi connectivity index (χ2n) is 6.73. The van der Waals surface area contributed by atoms with Gasteiger partial charge < -0.3 is 5.32 Å². The Morgan fingerprint density at radius 3 is 2.52 bits per heavy atom. The van der Waals surface area contributed by atoms with Crippen molar-refractivity contribution in [2.45, 2.75) is 58.9 Å². The Hall–Kier alpha value is -0.900. The number of amides is 1. The highest BCUT2D eigenvalue weighted by molar-refractivity contribution is 9.10. The van der Waals surface area contributed by atoms with E-state index in [0.717, 1.165) is 23.4 Å². The van der Waals surface area contributed by atoms with Gasteiger partial charge in [0.2, 0.25) is 0 Å². The molecule has 0 spiro atoms. The van der Waals surface area contributed by atoms with Crippen molar-refractivity contribution in [1.82, 2.24) is 10.3 Å². The van der Waals surface area contributed by atoms with E-state index in [4.69, 9.17) is 0 Å². The van der Waals surface area contributed by atoms with Crippen molar-refractivity contribution in [2.24, 2.45) is 11.3 Å². The summed E-state index contributed by atoms with van der Waals surface area (Å²) in [6.45, 7) is 7.00. The Bertz CT molecular complexity index is 476. The Balaban J connectivity index is 1.86. The van der Waals surface area contributed by atoms with Gasteiger partial charge in [0.05, 0.1) is 5.56 Å². The normalized spacial score (nSPS) is 22.9. The number of aromatic nitrogens is 1. The zero-order chi connectivity index (χ0) is 15.5. The van der Waals surface area contributed by atoms with Gasteiger partial charge in [-0.05, 0) is 65.1 Å². The molecule has 1 saturated carbocycles. The fourth-order valence-corrected chi connectivity index (χ4v) is 3.32. The quantitative estimate of drug-likeness (QED) is 0.806. The number of pyridine rings is 1. The summed E-state index contributed by atoms with van der Waals surface area (Å²) in [6, 6.07) is 3.92. The lowest BCUT2D eigenvalue weighted by molar-refractivity contribution is 0.0893. The fourth-order valence-electron chi connectivity index (χ4n) is 3.09. The van der Waals surface area contributed by atoms with Gasteiger partial charge in [-0.2, -0.15) is 0 Å². The molecule has 0 atom stereocenters. The van der Waals surface area contributed by atoms with E-state index >= 15 is 0 Å². The van der Waals surface area contributed by atoms with Crippen molar-refractivity contribution in [1.29, 1.82) is 0 Å². The number of nitrogens with one attached hydrogen (secondary N) is 1. The molecule has 1 aliphatic rings. The van der Waals surface area contributed by atoms with Crippen molar-refractivity contribution >= 4 is 21.8 Å². The van der Waals surface area contributed by atoms with Crippen molar-refractivity contribution < 1.29 is 4.79 Å². The summed E-state index contributed by atoms with van der Waals surface area (Å²) in [6.07, 6.45) is 7.44. The molecule has 1 aromatic heterocycles. The summed E-state index contributed by atoms with van der Waals surface area (Å²) in [5.41, 5.74) is 1.05. The summed E-state index contributed by atoms with van der Waals surface area (Å²) in [5.74, 6) is 0.776. The molecule has 2 rings (SSSR count). The number of rotatable bonds is 4. The summed E-state index contributed by atoms with van der Waals surface area (Å²) in [7, 11) is 0. The Labute approximate surface area is 136 Å². The average molecular weight is 353 g/mol. The van der Waals surface area contributed by atoms with Crippen LogP contribution in [0.4, 0.5) is 0 Å². The molecule has 1 amide bonds. The van der Waals surface area contributed by atoms with Crippen LogP contribution in [0.3, 0.4) is 0 Å². The van der Waals surface area contributed by atoms with E-state index in [1.54, 1.807) is 18.3 Å². The number of hydrogen-bond donors (Lipinski definition) is 1. The molecule has 1 heterocycles. The average Bonchev–Trinajstić information content (AvgIpc) is 2.48. The molecule has 21 heavy (non-hydrogen) atoms. The molecule has 4 heteroatoms. The van der Waals surface area contributed by atoms with Gasteiger partial charge in [-0.3, -0.25) is 4.79 Å². The van der Waals surface area contributed by atoms with Crippen molar-refractivity contribution in [3.8, 4) is 0 Å². The minimum atomic E-state index is -0.00629. The Morgan fingerprint density at radius 2 is 2.00 bits per heavy atom. The molecule has 3 nitrogen and oxygen atoms in total. The van der Waals surface area contributed by atoms with Crippen LogP contribution in [-0.2, 0) is 0 Å². The topological polar surface area (TPSA) is 42.0 Å². The maximum atomic E-state index is 12.2. The van der Waals surface area contributed by atoms with Crippen LogP contribution >= 0.6 is 15.9 Å². The second kappa shape index (κ2) is 6.91. The van der Waals surface area contributed by atoms with Crippen LogP contribution in [0.5, 0.6) is 0 Å². The first kappa shape index (κ1) is 16.5. The van der Waals surface area contributed by atoms with Gasteiger partial charge in [-0.1, -0.05) is 27.2 Å². The standard InChI is InChI=1S/C17H25BrN2O/c1-4-17(2,3)13-6-8-14(9-7-13)20-16(21)12-5-10-15(18)19-11-12/h5,10-11,13-14H,4,6-9H2,1-3H3,(H,20,21). The third-order valence-electron chi connectivity index (χ3n) is 5.07. The maximum absolute atomic E-state index is 12.2. The van der Waals surface area contributed by atoms with Gasteiger partial charge in [0.25, 0.3) is 5.91 Å². The molecule has 116 valence electrons. The van der Waals surface area contributed by atoms with Crippen LogP contribution in [0.15, 0.2) is 22.9 Å². The molecule has 0 unspecified atom stereocenters. The second-order valence-corrected chi connectivity index (χ2v) is 7.55. The lowest BCUT2D eigenvalue weighted by Gasteiger charge is -2.39. The predicted molar refractivity (Wildman–Crippen MR) is 89.2 cm³/mol. The highest BCUT2D eigenvalue weighted by atomic mass is 79.9. The van der Waals surface area contributed by atoms with Gasteiger partial charge in [-0.15, -0.1) is 0 Å². The molecular formula is C17H25BrN2O. The minimum absolute atomic E-state index is 0.00629. The van der Waals surface area contributed by atoms with Crippen LogP contribution in [0.25, 0.3) is 0 Å². The van der Waals surface area contributed by atoms with Gasteiger partial charge in [-0.25, -0.2) is 4.98 Å². The summed E-state index contributed by atoms with van der Waals surface area (Å²) in [5, 5.41) is 3.15. The third kappa shape index (κ3) is 4.29. The van der Waals surface area contributed by atoms with Gasteiger partial charge in [0.1, 0.15) is 4.60 Å². The van der Waals surface area contributed by atoms with E-state index in [2.05, 4.69) is 47.0 Å². The first-order valence-corrected chi connectivity index (χ1v) is 8.64. The smallest absolute Gasteiger partial charge is 0.253 e. The van der Waals surface area contributed by atoms with E-state index in [1.165, 1.54) is 19.3 Å². The van der Waals surface area contributed by atoms with E-state index in [-0.39, 0.29) is 5.91 Å².